The Morgan fingerprint density at radius 1 is 0.818 bits per heavy atom. The number of aryl methyl sites for hydroxylation is 1. The third kappa shape index (κ3) is 5.74. The largest absolute Gasteiger partial charge is 0.488 e. The van der Waals surface area contributed by atoms with Gasteiger partial charge in [-0.25, -0.2) is 0 Å². The summed E-state index contributed by atoms with van der Waals surface area (Å²) in [6.45, 7) is 5.62. The molecule has 0 unspecified atom stereocenters. The molecule has 0 bridgehead atoms. The fraction of sp³-hybridized carbons (Fsp3) is 0.240. The second kappa shape index (κ2) is 9.29. The Kier molecular flexibility index (Phi) is 6.86. The molecule has 0 radical (unpaired) electrons. The van der Waals surface area contributed by atoms with Gasteiger partial charge in [-0.2, -0.15) is 26.3 Å². The van der Waals surface area contributed by atoms with Crippen molar-refractivity contribution in [2.45, 2.75) is 39.7 Å². The maximum Gasteiger partial charge on any atom is 0.417 e. The van der Waals surface area contributed by atoms with E-state index in [1.807, 2.05) is 37.3 Å². The summed E-state index contributed by atoms with van der Waals surface area (Å²) in [5.41, 5.74) is 0.251. The fourth-order valence-electron chi connectivity index (χ4n) is 3.31. The lowest BCUT2D eigenvalue weighted by Crippen LogP contribution is -2.12. The predicted molar refractivity (Wildman–Crippen MR) is 115 cm³/mol. The van der Waals surface area contributed by atoms with E-state index in [4.69, 9.17) is 4.74 Å². The van der Waals surface area contributed by atoms with Gasteiger partial charge in [0.25, 0.3) is 0 Å². The predicted octanol–water partition coefficient (Wildman–Crippen LogP) is 7.79. The van der Waals surface area contributed by atoms with Crippen LogP contribution in [0.5, 0.6) is 5.75 Å². The van der Waals surface area contributed by atoms with Crippen molar-refractivity contribution in [2.75, 3.05) is 0 Å². The maximum atomic E-state index is 13.4. The normalized spacial score (nSPS) is 12.4. The number of halogens is 6. The van der Waals surface area contributed by atoms with E-state index in [9.17, 15) is 26.3 Å². The number of benzene rings is 2. The number of ether oxygens (including phenoxy) is 1. The molecule has 8 heteroatoms. The van der Waals surface area contributed by atoms with Crippen LogP contribution in [0.25, 0.3) is 12.2 Å². The smallest absolute Gasteiger partial charge is 0.417 e. The third-order valence-corrected chi connectivity index (χ3v) is 5.23. The highest BCUT2D eigenvalue weighted by atomic mass is 19.4. The van der Waals surface area contributed by atoms with Gasteiger partial charge in [-0.15, -0.1) is 0 Å². The average Bonchev–Trinajstić information content (AvgIpc) is 2.74. The molecule has 33 heavy (non-hydrogen) atoms. The van der Waals surface area contributed by atoms with E-state index in [1.165, 1.54) is 6.08 Å². The van der Waals surface area contributed by atoms with Gasteiger partial charge in [0.2, 0.25) is 0 Å². The van der Waals surface area contributed by atoms with Crippen LogP contribution in [0.3, 0.4) is 0 Å². The molecule has 1 aromatic heterocycles. The Balaban J connectivity index is 1.98. The lowest BCUT2D eigenvalue weighted by molar-refractivity contribution is -0.143. The SMILES string of the molecule is Cc1nc(/C=C\c2ccc(C(F)(F)F)cc2C(F)(F)F)c(C)c(OCc2ccccc2)c1C. The molecule has 2 aromatic carbocycles. The lowest BCUT2D eigenvalue weighted by atomic mass is 10.0. The molecule has 2 nitrogen and oxygen atoms in total. The van der Waals surface area contributed by atoms with Crippen LogP contribution in [0.1, 0.15) is 44.8 Å². The van der Waals surface area contributed by atoms with E-state index in [1.54, 1.807) is 13.8 Å². The van der Waals surface area contributed by atoms with Crippen LogP contribution >= 0.6 is 0 Å². The molecule has 0 saturated heterocycles. The maximum absolute atomic E-state index is 13.4. The minimum atomic E-state index is -4.95. The van der Waals surface area contributed by atoms with Gasteiger partial charge in [0, 0.05) is 16.8 Å². The molecule has 3 aromatic rings. The Hall–Kier alpha value is -3.29. The first-order valence-corrected chi connectivity index (χ1v) is 9.99. The molecule has 3 rings (SSSR count). The second-order valence-electron chi connectivity index (χ2n) is 7.57. The molecular weight excluding hydrogens is 444 g/mol. The van der Waals surface area contributed by atoms with Gasteiger partial charge in [0.05, 0.1) is 16.8 Å². The summed E-state index contributed by atoms with van der Waals surface area (Å²) in [5.74, 6) is 0.564. The third-order valence-electron chi connectivity index (χ3n) is 5.23. The Labute approximate surface area is 187 Å². The van der Waals surface area contributed by atoms with Crippen LogP contribution in [0.4, 0.5) is 26.3 Å². The standard InChI is InChI=1S/C25H21F6NO/c1-15-17(3)32-22(16(2)23(15)33-14-18-7-5-4-6-8-18)12-10-19-9-11-20(24(26,27)28)13-21(19)25(29,30)31/h4-13H,14H2,1-3H3/b12-10-. The van der Waals surface area contributed by atoms with Gasteiger partial charge in [-0.05, 0) is 50.1 Å². The quantitative estimate of drug-likeness (QED) is 0.359. The van der Waals surface area contributed by atoms with E-state index in [2.05, 4.69) is 4.98 Å². The first-order chi connectivity index (χ1) is 15.4. The van der Waals surface area contributed by atoms with Gasteiger partial charge >= 0.3 is 12.4 Å². The fourth-order valence-corrected chi connectivity index (χ4v) is 3.31. The number of alkyl halides is 6. The molecule has 1 heterocycles. The van der Waals surface area contributed by atoms with E-state index < -0.39 is 23.5 Å². The van der Waals surface area contributed by atoms with Gasteiger partial charge in [0.1, 0.15) is 12.4 Å². The Morgan fingerprint density at radius 3 is 2.09 bits per heavy atom. The highest BCUT2D eigenvalue weighted by Crippen LogP contribution is 2.38. The zero-order chi connectivity index (χ0) is 24.4. The highest BCUT2D eigenvalue weighted by molar-refractivity contribution is 5.73. The van der Waals surface area contributed by atoms with Crippen molar-refractivity contribution in [1.82, 2.24) is 4.98 Å². The number of nitrogens with zero attached hydrogens (tertiary/aromatic N) is 1. The summed E-state index contributed by atoms with van der Waals surface area (Å²) in [7, 11) is 0. The van der Waals surface area contributed by atoms with Gasteiger partial charge in [-0.1, -0.05) is 42.5 Å². The molecule has 0 aliphatic heterocycles. The van der Waals surface area contributed by atoms with Crippen LogP contribution < -0.4 is 4.74 Å². The van der Waals surface area contributed by atoms with Crippen molar-refractivity contribution in [2.24, 2.45) is 0 Å². The topological polar surface area (TPSA) is 22.1 Å². The number of hydrogen-bond donors (Lipinski definition) is 0. The molecule has 0 saturated carbocycles. The van der Waals surface area contributed by atoms with Gasteiger partial charge < -0.3 is 4.74 Å². The molecular formula is C25H21F6NO. The first kappa shape index (κ1) is 24.4. The minimum Gasteiger partial charge on any atom is -0.488 e. The summed E-state index contributed by atoms with van der Waals surface area (Å²) in [4.78, 5) is 4.42. The monoisotopic (exact) mass is 465 g/mol. The molecule has 0 aliphatic carbocycles. The molecule has 0 aliphatic rings. The summed E-state index contributed by atoms with van der Waals surface area (Å²) < 4.78 is 85.0. The number of aromatic nitrogens is 1. The van der Waals surface area contributed by atoms with Crippen LogP contribution in [0, 0.1) is 20.8 Å². The zero-order valence-corrected chi connectivity index (χ0v) is 18.1. The second-order valence-corrected chi connectivity index (χ2v) is 7.57. The van der Waals surface area contributed by atoms with Crippen LogP contribution in [-0.2, 0) is 19.0 Å². The van der Waals surface area contributed by atoms with Gasteiger partial charge in [0.15, 0.2) is 0 Å². The Morgan fingerprint density at radius 2 is 1.48 bits per heavy atom. The molecule has 174 valence electrons. The number of hydrogen-bond acceptors (Lipinski definition) is 2. The molecule has 0 spiro atoms. The number of rotatable bonds is 5. The highest BCUT2D eigenvalue weighted by Gasteiger charge is 2.37. The summed E-state index contributed by atoms with van der Waals surface area (Å²) in [6.07, 6.45) is -7.35. The van der Waals surface area contributed by atoms with E-state index >= 15 is 0 Å². The zero-order valence-electron chi connectivity index (χ0n) is 18.1. The van der Waals surface area contributed by atoms with Crippen molar-refractivity contribution in [3.05, 3.63) is 93.3 Å². The summed E-state index contributed by atoms with van der Waals surface area (Å²) >= 11 is 0. The van der Waals surface area contributed by atoms with Crippen molar-refractivity contribution >= 4 is 12.2 Å². The van der Waals surface area contributed by atoms with Crippen LogP contribution in [0.2, 0.25) is 0 Å². The van der Waals surface area contributed by atoms with Crippen LogP contribution in [0.15, 0.2) is 48.5 Å². The minimum absolute atomic E-state index is 0.120. The molecule has 0 atom stereocenters. The average molecular weight is 465 g/mol. The summed E-state index contributed by atoms with van der Waals surface area (Å²) in [6, 6.07) is 11.0. The Bertz CT molecular complexity index is 1160. The molecule has 0 N–H and O–H groups in total. The summed E-state index contributed by atoms with van der Waals surface area (Å²) in [5, 5.41) is 0. The van der Waals surface area contributed by atoms with Crippen molar-refractivity contribution < 1.29 is 31.1 Å². The van der Waals surface area contributed by atoms with Crippen molar-refractivity contribution in [3.8, 4) is 5.75 Å². The lowest BCUT2D eigenvalue weighted by Gasteiger charge is -2.16. The van der Waals surface area contributed by atoms with Gasteiger partial charge in [-0.3, -0.25) is 4.98 Å². The van der Waals surface area contributed by atoms with Crippen LogP contribution in [-0.4, -0.2) is 4.98 Å². The van der Waals surface area contributed by atoms with Crippen molar-refractivity contribution in [3.63, 3.8) is 0 Å². The van der Waals surface area contributed by atoms with Crippen molar-refractivity contribution in [1.29, 1.82) is 0 Å². The number of pyridine rings is 1. The first-order valence-electron chi connectivity index (χ1n) is 9.99. The molecule has 0 amide bonds. The van der Waals surface area contributed by atoms with E-state index in [0.29, 0.717) is 35.4 Å². The van der Waals surface area contributed by atoms with E-state index in [-0.39, 0.29) is 11.6 Å². The molecule has 0 fully saturated rings. The van der Waals surface area contributed by atoms with E-state index in [0.717, 1.165) is 23.3 Å².